The summed E-state index contributed by atoms with van der Waals surface area (Å²) >= 11 is 0. The number of carbonyl (C=O) groups excluding carboxylic acids is 2. The van der Waals surface area contributed by atoms with Crippen LogP contribution in [-0.2, 0) is 9.53 Å². The van der Waals surface area contributed by atoms with Crippen LogP contribution < -0.4 is 10.6 Å². The Morgan fingerprint density at radius 1 is 1.03 bits per heavy atom. The Bertz CT molecular complexity index is 1190. The molecular formula is C26H25N3O3. The first-order valence-electron chi connectivity index (χ1n) is 10.2. The molecule has 0 fully saturated rings. The van der Waals surface area contributed by atoms with Crippen LogP contribution in [0.2, 0.25) is 0 Å². The van der Waals surface area contributed by atoms with Crippen molar-refractivity contribution in [3.05, 3.63) is 83.0 Å². The molecule has 32 heavy (non-hydrogen) atoms. The fourth-order valence-electron chi connectivity index (χ4n) is 2.99. The number of methoxy groups -OCH3 is 1. The standard InChI is InChI=1S/C26H25N3O3/c1-17-10-12-20(16-22(17)26(31)32-4)21-13-15-24(29-25(30)18(2)27-3)28-23(21)14-11-19-8-6-5-7-9-19/h5-10,12-13,15-16,18,27H,1-4H3,(H,28,29,30). The second kappa shape index (κ2) is 10.4. The van der Waals surface area contributed by atoms with Gasteiger partial charge in [0, 0.05) is 11.1 Å². The first-order valence-corrected chi connectivity index (χ1v) is 10.2. The lowest BCUT2D eigenvalue weighted by atomic mass is 9.98. The second-order valence-electron chi connectivity index (χ2n) is 7.23. The SMILES string of the molecule is CNC(C)C(=O)Nc1ccc(-c2ccc(C)c(C(=O)OC)c2)c(C#Cc2ccccc2)n1. The van der Waals surface area contributed by atoms with Gasteiger partial charge in [0.15, 0.2) is 0 Å². The first-order chi connectivity index (χ1) is 15.4. The molecule has 2 aromatic carbocycles. The van der Waals surface area contributed by atoms with Gasteiger partial charge in [-0.15, -0.1) is 0 Å². The molecule has 0 aliphatic heterocycles. The number of anilines is 1. The van der Waals surface area contributed by atoms with Crippen molar-refractivity contribution in [2.24, 2.45) is 0 Å². The monoisotopic (exact) mass is 427 g/mol. The van der Waals surface area contributed by atoms with E-state index in [4.69, 9.17) is 4.74 Å². The molecule has 0 saturated carbocycles. The normalized spacial score (nSPS) is 11.1. The van der Waals surface area contributed by atoms with Crippen molar-refractivity contribution in [2.45, 2.75) is 19.9 Å². The smallest absolute Gasteiger partial charge is 0.338 e. The third-order valence-electron chi connectivity index (χ3n) is 5.03. The van der Waals surface area contributed by atoms with Gasteiger partial charge in [-0.3, -0.25) is 4.79 Å². The van der Waals surface area contributed by atoms with Gasteiger partial charge in [-0.25, -0.2) is 9.78 Å². The molecule has 1 aromatic heterocycles. The number of hydrogen-bond donors (Lipinski definition) is 2. The van der Waals surface area contributed by atoms with Crippen molar-refractivity contribution in [3.8, 4) is 23.0 Å². The summed E-state index contributed by atoms with van der Waals surface area (Å²) in [6.45, 7) is 3.62. The zero-order valence-electron chi connectivity index (χ0n) is 18.5. The van der Waals surface area contributed by atoms with E-state index in [2.05, 4.69) is 27.5 Å². The number of hydrogen-bond acceptors (Lipinski definition) is 5. The minimum atomic E-state index is -0.404. The van der Waals surface area contributed by atoms with Gasteiger partial charge in [0.05, 0.1) is 18.7 Å². The van der Waals surface area contributed by atoms with Gasteiger partial charge >= 0.3 is 5.97 Å². The molecule has 0 aliphatic carbocycles. The molecule has 162 valence electrons. The lowest BCUT2D eigenvalue weighted by Gasteiger charge is -2.13. The summed E-state index contributed by atoms with van der Waals surface area (Å²) in [7, 11) is 3.07. The quantitative estimate of drug-likeness (QED) is 0.478. The first kappa shape index (κ1) is 22.7. The lowest BCUT2D eigenvalue weighted by molar-refractivity contribution is -0.117. The van der Waals surface area contributed by atoms with Gasteiger partial charge in [0.25, 0.3) is 0 Å². The summed E-state index contributed by atoms with van der Waals surface area (Å²) in [6, 6.07) is 18.3. The van der Waals surface area contributed by atoms with Crippen molar-refractivity contribution in [2.75, 3.05) is 19.5 Å². The molecule has 0 radical (unpaired) electrons. The highest BCUT2D eigenvalue weighted by molar-refractivity contribution is 5.94. The average molecular weight is 428 g/mol. The maximum absolute atomic E-state index is 12.3. The van der Waals surface area contributed by atoms with Gasteiger partial charge in [-0.1, -0.05) is 36.3 Å². The number of likely N-dealkylation sites (N-methyl/N-ethyl adjacent to an activating group) is 1. The highest BCUT2D eigenvalue weighted by Gasteiger charge is 2.15. The molecule has 3 aromatic rings. The fraction of sp³-hybridized carbons (Fsp3) is 0.192. The topological polar surface area (TPSA) is 80.3 Å². The van der Waals surface area contributed by atoms with Gasteiger partial charge < -0.3 is 15.4 Å². The van der Waals surface area contributed by atoms with Crippen LogP contribution in [0.15, 0.2) is 60.7 Å². The minimum absolute atomic E-state index is 0.196. The number of benzene rings is 2. The fourth-order valence-corrected chi connectivity index (χ4v) is 2.99. The zero-order chi connectivity index (χ0) is 23.1. The molecular weight excluding hydrogens is 402 g/mol. The van der Waals surface area contributed by atoms with Crippen LogP contribution in [0.4, 0.5) is 5.82 Å². The van der Waals surface area contributed by atoms with Crippen LogP contribution in [0, 0.1) is 18.8 Å². The summed E-state index contributed by atoms with van der Waals surface area (Å²) in [5.74, 6) is 6.04. The van der Waals surface area contributed by atoms with Crippen molar-refractivity contribution >= 4 is 17.7 Å². The molecule has 6 heteroatoms. The van der Waals surface area contributed by atoms with Gasteiger partial charge in [0.2, 0.25) is 5.91 Å². The largest absolute Gasteiger partial charge is 0.465 e. The van der Waals surface area contributed by atoms with Crippen LogP contribution in [0.3, 0.4) is 0 Å². The summed E-state index contributed by atoms with van der Waals surface area (Å²) < 4.78 is 4.90. The second-order valence-corrected chi connectivity index (χ2v) is 7.23. The molecule has 0 aliphatic rings. The number of carbonyl (C=O) groups is 2. The maximum atomic E-state index is 12.3. The Morgan fingerprint density at radius 3 is 2.47 bits per heavy atom. The van der Waals surface area contributed by atoms with Gasteiger partial charge in [-0.2, -0.15) is 0 Å². The highest BCUT2D eigenvalue weighted by Crippen LogP contribution is 2.26. The number of esters is 1. The van der Waals surface area contributed by atoms with E-state index in [0.717, 1.165) is 22.3 Å². The summed E-state index contributed by atoms with van der Waals surface area (Å²) in [4.78, 5) is 29.0. The molecule has 0 spiro atoms. The third kappa shape index (κ3) is 5.39. The van der Waals surface area contributed by atoms with Crippen molar-refractivity contribution < 1.29 is 14.3 Å². The Hall–Kier alpha value is -3.95. The molecule has 3 rings (SSSR count). The van der Waals surface area contributed by atoms with Gasteiger partial charge in [0.1, 0.15) is 11.5 Å². The average Bonchev–Trinajstić information content (AvgIpc) is 2.82. The molecule has 1 heterocycles. The van der Waals surface area contributed by atoms with Crippen LogP contribution in [0.1, 0.15) is 34.1 Å². The molecule has 6 nitrogen and oxygen atoms in total. The number of amides is 1. The van der Waals surface area contributed by atoms with E-state index < -0.39 is 5.97 Å². The van der Waals surface area contributed by atoms with E-state index in [1.165, 1.54) is 7.11 Å². The van der Waals surface area contributed by atoms with E-state index in [9.17, 15) is 9.59 Å². The number of nitrogens with zero attached hydrogens (tertiary/aromatic N) is 1. The van der Waals surface area contributed by atoms with E-state index in [1.54, 1.807) is 26.1 Å². The Balaban J connectivity index is 2.08. The highest BCUT2D eigenvalue weighted by atomic mass is 16.5. The summed E-state index contributed by atoms with van der Waals surface area (Å²) in [6.07, 6.45) is 0. The number of nitrogens with one attached hydrogen (secondary N) is 2. The van der Waals surface area contributed by atoms with Crippen molar-refractivity contribution in [3.63, 3.8) is 0 Å². The predicted molar refractivity (Wildman–Crippen MR) is 125 cm³/mol. The van der Waals surface area contributed by atoms with E-state index in [1.807, 2.05) is 55.5 Å². The number of aromatic nitrogens is 1. The number of ether oxygens (including phenoxy) is 1. The summed E-state index contributed by atoms with van der Waals surface area (Å²) in [5, 5.41) is 5.70. The number of aryl methyl sites for hydroxylation is 1. The lowest BCUT2D eigenvalue weighted by Crippen LogP contribution is -2.35. The minimum Gasteiger partial charge on any atom is -0.465 e. The Labute approximate surface area is 188 Å². The number of pyridine rings is 1. The Kier molecular flexibility index (Phi) is 7.37. The van der Waals surface area contributed by atoms with Gasteiger partial charge in [-0.05, 0) is 68.3 Å². The zero-order valence-corrected chi connectivity index (χ0v) is 18.5. The van der Waals surface area contributed by atoms with Crippen LogP contribution in [0.5, 0.6) is 0 Å². The molecule has 0 saturated heterocycles. The number of rotatable bonds is 5. The van der Waals surface area contributed by atoms with E-state index in [0.29, 0.717) is 17.1 Å². The van der Waals surface area contributed by atoms with Crippen molar-refractivity contribution in [1.29, 1.82) is 0 Å². The van der Waals surface area contributed by atoms with E-state index in [-0.39, 0.29) is 11.9 Å². The third-order valence-corrected chi connectivity index (χ3v) is 5.03. The predicted octanol–water partition coefficient (Wildman–Crippen LogP) is 3.79. The van der Waals surface area contributed by atoms with Crippen LogP contribution in [0.25, 0.3) is 11.1 Å². The molecule has 1 unspecified atom stereocenters. The molecule has 0 bridgehead atoms. The van der Waals surface area contributed by atoms with E-state index >= 15 is 0 Å². The molecule has 2 N–H and O–H groups in total. The summed E-state index contributed by atoms with van der Waals surface area (Å²) in [5.41, 5.74) is 4.16. The molecule has 1 atom stereocenters. The molecule has 1 amide bonds. The van der Waals surface area contributed by atoms with Crippen LogP contribution in [-0.4, -0.2) is 37.1 Å². The van der Waals surface area contributed by atoms with Crippen LogP contribution >= 0.6 is 0 Å². The van der Waals surface area contributed by atoms with Crippen molar-refractivity contribution in [1.82, 2.24) is 10.3 Å². The maximum Gasteiger partial charge on any atom is 0.338 e. The Morgan fingerprint density at radius 2 is 1.78 bits per heavy atom.